The van der Waals surface area contributed by atoms with Crippen molar-refractivity contribution in [2.75, 3.05) is 0 Å². The first-order chi connectivity index (χ1) is 15.9. The number of hydrogen-bond donors (Lipinski definition) is 2. The first-order valence-electron chi connectivity index (χ1n) is 7.97. The lowest BCUT2D eigenvalue weighted by molar-refractivity contribution is 0.0382. The van der Waals surface area contributed by atoms with E-state index in [1.54, 1.807) is 0 Å². The molecule has 0 aliphatic carbocycles. The van der Waals surface area contributed by atoms with Crippen LogP contribution in [0.1, 0.15) is 31.8 Å². The normalized spacial score (nSPS) is 11.5. The summed E-state index contributed by atoms with van der Waals surface area (Å²) in [6.45, 7) is 0. The van der Waals surface area contributed by atoms with E-state index in [9.17, 15) is 61.9 Å². The van der Waals surface area contributed by atoms with Crippen LogP contribution in [0, 0.1) is 59.6 Å². The number of benzene rings is 2. The maximum atomic E-state index is 14.2. The number of hydrogen-bond acceptors (Lipinski definition) is 7. The van der Waals surface area contributed by atoms with Gasteiger partial charge in [-0.05, 0) is 0 Å². The fourth-order valence-electron chi connectivity index (χ4n) is 2.60. The average Bonchev–Trinajstić information content (AvgIpc) is 2.73. The highest BCUT2D eigenvalue weighted by molar-refractivity contribution is 7.86. The van der Waals surface area contributed by atoms with Crippen molar-refractivity contribution in [3.05, 3.63) is 57.2 Å². The Kier molecular flexibility index (Phi) is 7.06. The highest BCUT2D eigenvalue weighted by atomic mass is 32.2. The molecular formula is C18H4F6O9S2. The summed E-state index contributed by atoms with van der Waals surface area (Å²) < 4.78 is 152. The summed E-state index contributed by atoms with van der Waals surface area (Å²) in [5.74, 6) is -18.4. The number of esters is 2. The average molecular weight is 542 g/mol. The zero-order valence-electron chi connectivity index (χ0n) is 16.0. The van der Waals surface area contributed by atoms with Crippen LogP contribution < -0.4 is 0 Å². The predicted octanol–water partition coefficient (Wildman–Crippen LogP) is 1.97. The van der Waals surface area contributed by atoms with Gasteiger partial charge in [-0.25, -0.2) is 35.9 Å². The second-order valence-electron chi connectivity index (χ2n) is 5.96. The van der Waals surface area contributed by atoms with E-state index in [0.717, 1.165) is 0 Å². The summed E-state index contributed by atoms with van der Waals surface area (Å²) in [5.41, 5.74) is -8.06. The Hall–Kier alpha value is -3.90. The Morgan fingerprint density at radius 1 is 0.629 bits per heavy atom. The lowest BCUT2D eigenvalue weighted by atomic mass is 10.1. The van der Waals surface area contributed by atoms with Gasteiger partial charge in [0.15, 0.2) is 34.9 Å². The van der Waals surface area contributed by atoms with E-state index in [-0.39, 0.29) is 0 Å². The highest BCUT2D eigenvalue weighted by Gasteiger charge is 2.39. The standard InChI is InChI=1S/C18H4F6O9S2/c1-3-5-9(19)13(23)11(21)7(15(5)34(27,28)29)17(25)33-18(26)8-12(22)14(24)10(20)6(4-2)16(8)35(30,31)32/h1-2H,(H,27,28,29)(H,30,31,32). The van der Waals surface area contributed by atoms with Crippen molar-refractivity contribution < 1.29 is 66.6 Å². The van der Waals surface area contributed by atoms with Gasteiger partial charge in [0.05, 0.1) is 11.1 Å². The molecule has 9 nitrogen and oxygen atoms in total. The van der Waals surface area contributed by atoms with Crippen LogP contribution in [0.2, 0.25) is 0 Å². The van der Waals surface area contributed by atoms with E-state index >= 15 is 0 Å². The van der Waals surface area contributed by atoms with Gasteiger partial charge in [-0.1, -0.05) is 11.8 Å². The summed E-state index contributed by atoms with van der Waals surface area (Å²) in [4.78, 5) is 20.3. The van der Waals surface area contributed by atoms with Gasteiger partial charge in [0, 0.05) is 0 Å². The predicted molar refractivity (Wildman–Crippen MR) is 97.9 cm³/mol. The Bertz CT molecular complexity index is 1510. The molecule has 0 bridgehead atoms. The molecule has 17 heteroatoms. The molecule has 0 fully saturated rings. The van der Waals surface area contributed by atoms with E-state index in [4.69, 9.17) is 12.8 Å². The van der Waals surface area contributed by atoms with Crippen molar-refractivity contribution in [2.45, 2.75) is 9.79 Å². The van der Waals surface area contributed by atoms with Crippen LogP contribution in [0.15, 0.2) is 9.79 Å². The SMILES string of the molecule is C#Cc1c(F)c(F)c(F)c(C(=O)OC(=O)c2c(F)c(F)c(F)c(C#C)c2S(=O)(=O)O)c1S(=O)(=O)O. The van der Waals surface area contributed by atoms with Crippen molar-refractivity contribution in [2.24, 2.45) is 0 Å². The first-order valence-corrected chi connectivity index (χ1v) is 10.8. The molecule has 0 unspecified atom stereocenters. The minimum Gasteiger partial charge on any atom is -0.385 e. The van der Waals surface area contributed by atoms with Crippen LogP contribution >= 0.6 is 0 Å². The van der Waals surface area contributed by atoms with Crippen molar-refractivity contribution in [3.8, 4) is 24.7 Å². The van der Waals surface area contributed by atoms with Crippen LogP contribution in [0.4, 0.5) is 26.3 Å². The van der Waals surface area contributed by atoms with E-state index in [1.165, 1.54) is 11.8 Å². The summed E-state index contributed by atoms with van der Waals surface area (Å²) in [5, 5.41) is 0. The molecular weight excluding hydrogens is 538 g/mol. The molecule has 2 aromatic rings. The molecule has 0 atom stereocenters. The molecule has 35 heavy (non-hydrogen) atoms. The Balaban J connectivity index is 2.88. The van der Waals surface area contributed by atoms with Gasteiger partial charge in [0.25, 0.3) is 20.2 Å². The maximum Gasteiger partial charge on any atom is 0.350 e. The molecule has 0 aliphatic heterocycles. The maximum absolute atomic E-state index is 14.2. The summed E-state index contributed by atoms with van der Waals surface area (Å²) in [7, 11) is -11.8. The lowest BCUT2D eigenvalue weighted by Gasteiger charge is -2.14. The Labute approximate surface area is 190 Å². The van der Waals surface area contributed by atoms with E-state index in [1.807, 2.05) is 0 Å². The smallest absolute Gasteiger partial charge is 0.350 e. The van der Waals surface area contributed by atoms with Gasteiger partial charge in [0.2, 0.25) is 0 Å². The molecule has 0 aromatic heterocycles. The van der Waals surface area contributed by atoms with Crippen molar-refractivity contribution in [1.82, 2.24) is 0 Å². The summed E-state index contributed by atoms with van der Waals surface area (Å²) in [6.07, 6.45) is 9.53. The minimum atomic E-state index is -5.89. The molecule has 2 aromatic carbocycles. The van der Waals surface area contributed by atoms with Crippen LogP contribution in [0.25, 0.3) is 0 Å². The van der Waals surface area contributed by atoms with Gasteiger partial charge in [-0.3, -0.25) is 9.11 Å². The lowest BCUT2D eigenvalue weighted by Crippen LogP contribution is -2.24. The Morgan fingerprint density at radius 2 is 0.914 bits per heavy atom. The number of terminal acetylenes is 2. The van der Waals surface area contributed by atoms with Crippen molar-refractivity contribution >= 4 is 32.2 Å². The molecule has 0 saturated carbocycles. The first kappa shape index (κ1) is 27.3. The third-order valence-electron chi connectivity index (χ3n) is 3.96. The van der Waals surface area contributed by atoms with Crippen LogP contribution in [-0.4, -0.2) is 37.9 Å². The number of carbonyl (C=O) groups excluding carboxylic acids is 2. The van der Waals surface area contributed by atoms with Crippen LogP contribution in [-0.2, 0) is 25.0 Å². The van der Waals surface area contributed by atoms with Crippen LogP contribution in [0.5, 0.6) is 0 Å². The van der Waals surface area contributed by atoms with Crippen molar-refractivity contribution in [3.63, 3.8) is 0 Å². The van der Waals surface area contributed by atoms with Gasteiger partial charge in [-0.15, -0.1) is 12.8 Å². The molecule has 184 valence electrons. The molecule has 0 amide bonds. The Morgan fingerprint density at radius 3 is 1.14 bits per heavy atom. The van der Waals surface area contributed by atoms with E-state index in [0.29, 0.717) is 0 Å². The molecule has 0 radical (unpaired) electrons. The second-order valence-corrected chi connectivity index (χ2v) is 8.67. The fourth-order valence-corrected chi connectivity index (χ4v) is 4.28. The van der Waals surface area contributed by atoms with Gasteiger partial charge >= 0.3 is 11.9 Å². The van der Waals surface area contributed by atoms with Gasteiger partial charge in [-0.2, -0.15) is 16.8 Å². The zero-order valence-corrected chi connectivity index (χ0v) is 17.6. The fraction of sp³-hybridized carbons (Fsp3) is 0. The van der Waals surface area contributed by atoms with E-state index in [2.05, 4.69) is 4.74 Å². The third-order valence-corrected chi connectivity index (χ3v) is 5.80. The summed E-state index contributed by atoms with van der Waals surface area (Å²) >= 11 is 0. The monoisotopic (exact) mass is 542 g/mol. The number of rotatable bonds is 4. The van der Waals surface area contributed by atoms with Crippen molar-refractivity contribution in [1.29, 1.82) is 0 Å². The molecule has 2 N–H and O–H groups in total. The van der Waals surface area contributed by atoms with Crippen LogP contribution in [0.3, 0.4) is 0 Å². The highest BCUT2D eigenvalue weighted by Crippen LogP contribution is 2.32. The minimum absolute atomic E-state index is 1.19. The van der Waals surface area contributed by atoms with Gasteiger partial charge in [0.1, 0.15) is 20.9 Å². The zero-order chi connectivity index (χ0) is 27.2. The number of ether oxygens (including phenoxy) is 1. The number of halogens is 6. The largest absolute Gasteiger partial charge is 0.385 e. The molecule has 2 rings (SSSR count). The quantitative estimate of drug-likeness (QED) is 0.148. The van der Waals surface area contributed by atoms with Gasteiger partial charge < -0.3 is 4.74 Å². The van der Waals surface area contributed by atoms with E-state index < -0.39 is 99.1 Å². The molecule has 0 heterocycles. The topological polar surface area (TPSA) is 152 Å². The third kappa shape index (κ3) is 4.57. The number of carbonyl (C=O) groups is 2. The molecule has 0 aliphatic rings. The molecule has 0 saturated heterocycles. The molecule has 0 spiro atoms. The summed E-state index contributed by atoms with van der Waals surface area (Å²) in [6, 6.07) is 0. The second kappa shape index (κ2) is 9.04.